The van der Waals surface area contributed by atoms with Crippen molar-refractivity contribution in [3.8, 4) is 0 Å². The fraction of sp³-hybridized carbons (Fsp3) is 0.500. The van der Waals surface area contributed by atoms with Crippen LogP contribution in [0.2, 0.25) is 5.02 Å². The van der Waals surface area contributed by atoms with Gasteiger partial charge in [-0.2, -0.15) is 0 Å². The maximum Gasteiger partial charge on any atom is 0.224 e. The highest BCUT2D eigenvalue weighted by Crippen LogP contribution is 2.22. The van der Waals surface area contributed by atoms with E-state index in [1.165, 1.54) is 51.4 Å². The average molecular weight is 468 g/mol. The summed E-state index contributed by atoms with van der Waals surface area (Å²) in [6.07, 6.45) is 12.1. The number of fused-ring (bicyclic) bond motifs is 1. The van der Waals surface area contributed by atoms with Gasteiger partial charge in [-0.05, 0) is 43.2 Å². The molecule has 0 aliphatic carbocycles. The minimum absolute atomic E-state index is 0.00787. The number of rotatable bonds is 14. The second kappa shape index (κ2) is 13.4. The summed E-state index contributed by atoms with van der Waals surface area (Å²) in [5.41, 5.74) is 3.08. The molecule has 1 atom stereocenters. The number of aryl methyl sites for hydroxylation is 1. The van der Waals surface area contributed by atoms with Gasteiger partial charge in [0.05, 0.1) is 23.5 Å². The highest BCUT2D eigenvalue weighted by Gasteiger charge is 2.18. The van der Waals surface area contributed by atoms with Crippen molar-refractivity contribution in [1.29, 1.82) is 0 Å². The van der Waals surface area contributed by atoms with E-state index in [-0.39, 0.29) is 11.9 Å². The van der Waals surface area contributed by atoms with Crippen LogP contribution in [0.3, 0.4) is 0 Å². The molecule has 1 unspecified atom stereocenters. The van der Waals surface area contributed by atoms with Crippen LogP contribution in [0.1, 0.15) is 89.1 Å². The number of imidazole rings is 1. The van der Waals surface area contributed by atoms with Crippen LogP contribution >= 0.6 is 11.6 Å². The highest BCUT2D eigenvalue weighted by molar-refractivity contribution is 6.30. The van der Waals surface area contributed by atoms with Gasteiger partial charge in [0.15, 0.2) is 0 Å². The topological polar surface area (TPSA) is 46.9 Å². The van der Waals surface area contributed by atoms with E-state index in [0.29, 0.717) is 11.4 Å². The first-order valence-corrected chi connectivity index (χ1v) is 12.9. The van der Waals surface area contributed by atoms with Gasteiger partial charge >= 0.3 is 0 Å². The number of carbonyl (C=O) groups is 1. The van der Waals surface area contributed by atoms with E-state index >= 15 is 0 Å². The van der Waals surface area contributed by atoms with Crippen molar-refractivity contribution < 1.29 is 4.79 Å². The van der Waals surface area contributed by atoms with Crippen molar-refractivity contribution in [1.82, 2.24) is 14.9 Å². The Morgan fingerprint density at radius 1 is 0.939 bits per heavy atom. The third kappa shape index (κ3) is 7.89. The molecule has 4 nitrogen and oxygen atoms in total. The molecule has 5 heteroatoms. The molecule has 0 spiro atoms. The Labute approximate surface area is 203 Å². The molecule has 2 aromatic carbocycles. The minimum atomic E-state index is -0.157. The zero-order valence-electron chi connectivity index (χ0n) is 20.2. The second-order valence-corrected chi connectivity index (χ2v) is 9.47. The summed E-state index contributed by atoms with van der Waals surface area (Å²) in [4.78, 5) is 17.5. The minimum Gasteiger partial charge on any atom is -0.346 e. The summed E-state index contributed by atoms with van der Waals surface area (Å²) < 4.78 is 2.30. The van der Waals surface area contributed by atoms with Crippen molar-refractivity contribution in [2.75, 3.05) is 0 Å². The number of hydrogen-bond acceptors (Lipinski definition) is 2. The monoisotopic (exact) mass is 467 g/mol. The first-order chi connectivity index (χ1) is 16.1. The number of hydrogen-bond donors (Lipinski definition) is 1. The molecule has 0 radical (unpaired) electrons. The lowest BCUT2D eigenvalue weighted by Gasteiger charge is -2.16. The summed E-state index contributed by atoms with van der Waals surface area (Å²) in [6.45, 7) is 5.22. The Hall–Kier alpha value is -2.33. The van der Waals surface area contributed by atoms with Gasteiger partial charge in [-0.25, -0.2) is 4.98 Å². The molecule has 0 saturated heterocycles. The summed E-state index contributed by atoms with van der Waals surface area (Å²) in [6, 6.07) is 15.5. The van der Waals surface area contributed by atoms with Gasteiger partial charge in [0, 0.05) is 11.6 Å². The van der Waals surface area contributed by atoms with E-state index < -0.39 is 0 Å². The molecule has 0 aliphatic rings. The number of para-hydroxylation sites is 2. The lowest BCUT2D eigenvalue weighted by molar-refractivity contribution is -0.121. The largest absolute Gasteiger partial charge is 0.346 e. The molecule has 3 aromatic rings. The fourth-order valence-electron chi connectivity index (χ4n) is 4.39. The quantitative estimate of drug-likeness (QED) is 0.247. The molecule has 1 N–H and O–H groups in total. The van der Waals surface area contributed by atoms with E-state index in [0.717, 1.165) is 35.4 Å². The van der Waals surface area contributed by atoms with Crippen molar-refractivity contribution in [3.05, 3.63) is 64.9 Å². The normalized spacial score (nSPS) is 12.2. The number of nitrogens with zero attached hydrogens (tertiary/aromatic N) is 2. The van der Waals surface area contributed by atoms with Crippen molar-refractivity contribution in [2.45, 2.75) is 90.6 Å². The first-order valence-electron chi connectivity index (χ1n) is 12.6. The number of benzene rings is 2. The smallest absolute Gasteiger partial charge is 0.224 e. The van der Waals surface area contributed by atoms with Crippen LogP contribution < -0.4 is 5.32 Å². The lowest BCUT2D eigenvalue weighted by Crippen LogP contribution is -2.30. The van der Waals surface area contributed by atoms with Gasteiger partial charge in [-0.15, -0.1) is 0 Å². The van der Waals surface area contributed by atoms with E-state index in [2.05, 4.69) is 28.9 Å². The number of nitrogens with one attached hydrogen (secondary N) is 1. The van der Waals surface area contributed by atoms with E-state index in [1.807, 2.05) is 43.3 Å². The van der Waals surface area contributed by atoms with Gasteiger partial charge in [-0.3, -0.25) is 4.79 Å². The Morgan fingerprint density at radius 2 is 1.58 bits per heavy atom. The molecule has 33 heavy (non-hydrogen) atoms. The Kier molecular flexibility index (Phi) is 10.3. The SMILES string of the molecule is CCCCCCCCCCCn1c(C(C)NC(=O)Cc2ccc(Cl)cc2)nc2ccccc21. The van der Waals surface area contributed by atoms with Crippen LogP contribution in [0.4, 0.5) is 0 Å². The second-order valence-electron chi connectivity index (χ2n) is 9.03. The van der Waals surface area contributed by atoms with E-state index in [9.17, 15) is 4.79 Å². The van der Waals surface area contributed by atoms with E-state index in [4.69, 9.17) is 16.6 Å². The van der Waals surface area contributed by atoms with Gasteiger partial charge < -0.3 is 9.88 Å². The highest BCUT2D eigenvalue weighted by atomic mass is 35.5. The van der Waals surface area contributed by atoms with Crippen LogP contribution in [0.5, 0.6) is 0 Å². The third-order valence-electron chi connectivity index (χ3n) is 6.21. The van der Waals surface area contributed by atoms with Crippen LogP contribution in [0.25, 0.3) is 11.0 Å². The Morgan fingerprint density at radius 3 is 2.27 bits per heavy atom. The van der Waals surface area contributed by atoms with Gasteiger partial charge in [-0.1, -0.05) is 94.2 Å². The molecule has 0 aliphatic heterocycles. The molecule has 3 rings (SSSR count). The zero-order valence-corrected chi connectivity index (χ0v) is 20.9. The molecule has 1 aromatic heterocycles. The van der Waals surface area contributed by atoms with Gasteiger partial charge in [0.2, 0.25) is 5.91 Å². The number of carbonyl (C=O) groups excluding carboxylic acids is 1. The zero-order chi connectivity index (χ0) is 23.5. The number of aromatic nitrogens is 2. The third-order valence-corrected chi connectivity index (χ3v) is 6.46. The molecule has 178 valence electrons. The van der Waals surface area contributed by atoms with Crippen LogP contribution in [0, 0.1) is 0 Å². The molecular formula is C28H38ClN3O. The molecule has 1 amide bonds. The maximum absolute atomic E-state index is 12.7. The predicted octanol–water partition coefficient (Wildman–Crippen LogP) is 7.64. The Bertz CT molecular complexity index is 996. The predicted molar refractivity (Wildman–Crippen MR) is 139 cm³/mol. The average Bonchev–Trinajstić information content (AvgIpc) is 3.18. The van der Waals surface area contributed by atoms with Crippen LogP contribution in [-0.4, -0.2) is 15.5 Å². The summed E-state index contributed by atoms with van der Waals surface area (Å²) in [7, 11) is 0. The van der Waals surface area contributed by atoms with Crippen LogP contribution in [0.15, 0.2) is 48.5 Å². The molecule has 0 bridgehead atoms. The van der Waals surface area contributed by atoms with E-state index in [1.54, 1.807) is 0 Å². The fourth-order valence-corrected chi connectivity index (χ4v) is 4.51. The molecule has 0 saturated carbocycles. The van der Waals surface area contributed by atoms with Crippen molar-refractivity contribution in [3.63, 3.8) is 0 Å². The number of amides is 1. The number of unbranched alkanes of at least 4 members (excludes halogenated alkanes) is 8. The standard InChI is InChI=1S/C28H38ClN3O/c1-3-4-5-6-7-8-9-10-13-20-32-26-15-12-11-14-25(26)31-28(32)22(2)30-27(33)21-23-16-18-24(29)19-17-23/h11-12,14-19,22H,3-10,13,20-21H2,1-2H3,(H,30,33). The first kappa shape index (κ1) is 25.3. The van der Waals surface area contributed by atoms with Crippen LogP contribution in [-0.2, 0) is 17.8 Å². The molecular weight excluding hydrogens is 430 g/mol. The number of halogens is 1. The summed E-state index contributed by atoms with van der Waals surface area (Å²) in [5.74, 6) is 0.923. The van der Waals surface area contributed by atoms with Crippen molar-refractivity contribution >= 4 is 28.5 Å². The Balaban J connectivity index is 1.56. The van der Waals surface area contributed by atoms with Crippen molar-refractivity contribution in [2.24, 2.45) is 0 Å². The molecule has 1 heterocycles. The lowest BCUT2D eigenvalue weighted by atomic mass is 10.1. The summed E-state index contributed by atoms with van der Waals surface area (Å²) in [5, 5.41) is 3.82. The van der Waals surface area contributed by atoms with Gasteiger partial charge in [0.25, 0.3) is 0 Å². The van der Waals surface area contributed by atoms with Gasteiger partial charge in [0.1, 0.15) is 5.82 Å². The molecule has 0 fully saturated rings. The summed E-state index contributed by atoms with van der Waals surface area (Å²) >= 11 is 5.95. The maximum atomic E-state index is 12.7.